The lowest BCUT2D eigenvalue weighted by Crippen LogP contribution is -2.09. The van der Waals surface area contributed by atoms with Crippen LogP contribution in [-0.2, 0) is 14.3 Å². The fourth-order valence-electron chi connectivity index (χ4n) is 1.01. The minimum atomic E-state index is -0.535. The smallest absolute Gasteiger partial charge is 0.313 e. The number of carbonyl (C=O) groups excluding carboxylic acids is 2. The molecule has 1 heterocycles. The lowest BCUT2D eigenvalue weighted by atomic mass is 10.1. The molecular formula is C11H12O4. The molecule has 0 amide bonds. The van der Waals surface area contributed by atoms with Crippen molar-refractivity contribution in [2.45, 2.75) is 13.3 Å². The lowest BCUT2D eigenvalue weighted by Gasteiger charge is -1.98. The zero-order valence-corrected chi connectivity index (χ0v) is 8.65. The van der Waals surface area contributed by atoms with E-state index in [1.807, 2.05) is 0 Å². The minimum Gasteiger partial charge on any atom is -0.469 e. The van der Waals surface area contributed by atoms with Crippen LogP contribution in [0.25, 0.3) is 6.08 Å². The summed E-state index contributed by atoms with van der Waals surface area (Å²) in [6, 6.07) is 3.46. The van der Waals surface area contributed by atoms with E-state index in [1.54, 1.807) is 25.1 Å². The SMILES string of the molecule is COC(=O)CC(=O)/C(C)=C/c1ccco1. The number of methoxy groups -OCH3 is 1. The Morgan fingerprint density at radius 2 is 2.27 bits per heavy atom. The average molecular weight is 208 g/mol. The molecule has 0 unspecified atom stereocenters. The summed E-state index contributed by atoms with van der Waals surface area (Å²) >= 11 is 0. The van der Waals surface area contributed by atoms with Gasteiger partial charge < -0.3 is 9.15 Å². The molecular weight excluding hydrogens is 196 g/mol. The monoisotopic (exact) mass is 208 g/mol. The van der Waals surface area contributed by atoms with Crippen LogP contribution in [0.1, 0.15) is 19.1 Å². The van der Waals surface area contributed by atoms with Gasteiger partial charge >= 0.3 is 5.97 Å². The second-order valence-electron chi connectivity index (χ2n) is 3.02. The maximum atomic E-state index is 11.4. The van der Waals surface area contributed by atoms with Gasteiger partial charge in [0, 0.05) is 0 Å². The molecule has 80 valence electrons. The van der Waals surface area contributed by atoms with E-state index >= 15 is 0 Å². The Bertz CT molecular complexity index is 373. The second-order valence-corrected chi connectivity index (χ2v) is 3.02. The van der Waals surface area contributed by atoms with Crippen molar-refractivity contribution >= 4 is 17.8 Å². The van der Waals surface area contributed by atoms with Crippen molar-refractivity contribution in [1.29, 1.82) is 0 Å². The van der Waals surface area contributed by atoms with Gasteiger partial charge in [-0.2, -0.15) is 0 Å². The van der Waals surface area contributed by atoms with Crippen LogP contribution in [0.3, 0.4) is 0 Å². The summed E-state index contributed by atoms with van der Waals surface area (Å²) in [7, 11) is 1.25. The molecule has 0 bridgehead atoms. The Kier molecular flexibility index (Phi) is 3.85. The van der Waals surface area contributed by atoms with Gasteiger partial charge in [0.05, 0.1) is 13.4 Å². The third-order valence-electron chi connectivity index (χ3n) is 1.87. The Morgan fingerprint density at radius 1 is 1.53 bits per heavy atom. The van der Waals surface area contributed by atoms with Crippen molar-refractivity contribution in [2.24, 2.45) is 0 Å². The molecule has 4 heteroatoms. The van der Waals surface area contributed by atoms with Crippen LogP contribution in [0, 0.1) is 0 Å². The van der Waals surface area contributed by atoms with Crippen LogP contribution in [0.15, 0.2) is 28.4 Å². The summed E-state index contributed by atoms with van der Waals surface area (Å²) in [5.74, 6) is -0.212. The number of hydrogen-bond donors (Lipinski definition) is 0. The number of ether oxygens (including phenoxy) is 1. The first-order chi connectivity index (χ1) is 7.13. The number of ketones is 1. The van der Waals surface area contributed by atoms with Crippen LogP contribution in [0.5, 0.6) is 0 Å². The predicted molar refractivity (Wildman–Crippen MR) is 54.0 cm³/mol. The van der Waals surface area contributed by atoms with Crippen LogP contribution in [0.4, 0.5) is 0 Å². The molecule has 1 aromatic rings. The zero-order valence-electron chi connectivity index (χ0n) is 8.65. The standard InChI is InChI=1S/C11H12O4/c1-8(6-9-4-3-5-15-9)10(12)7-11(13)14-2/h3-6H,7H2,1-2H3/b8-6+. The first-order valence-electron chi connectivity index (χ1n) is 4.45. The molecule has 0 aliphatic heterocycles. The van der Waals surface area contributed by atoms with E-state index in [0.29, 0.717) is 11.3 Å². The molecule has 0 radical (unpaired) electrons. The quantitative estimate of drug-likeness (QED) is 0.430. The highest BCUT2D eigenvalue weighted by molar-refractivity contribution is 6.07. The zero-order chi connectivity index (χ0) is 11.3. The van der Waals surface area contributed by atoms with Gasteiger partial charge in [-0.1, -0.05) is 0 Å². The fourth-order valence-corrected chi connectivity index (χ4v) is 1.01. The van der Waals surface area contributed by atoms with Gasteiger partial charge in [-0.25, -0.2) is 0 Å². The van der Waals surface area contributed by atoms with E-state index in [2.05, 4.69) is 4.74 Å². The molecule has 0 spiro atoms. The molecule has 0 aliphatic rings. The first-order valence-corrected chi connectivity index (χ1v) is 4.45. The predicted octanol–water partition coefficient (Wildman–Crippen LogP) is 1.82. The highest BCUT2D eigenvalue weighted by atomic mass is 16.5. The van der Waals surface area contributed by atoms with Gasteiger partial charge in [0.15, 0.2) is 5.78 Å². The molecule has 1 aromatic heterocycles. The second kappa shape index (κ2) is 5.14. The molecule has 0 N–H and O–H groups in total. The molecule has 0 saturated carbocycles. The van der Waals surface area contributed by atoms with Gasteiger partial charge in [-0.15, -0.1) is 0 Å². The Hall–Kier alpha value is -1.84. The minimum absolute atomic E-state index is 0.237. The third kappa shape index (κ3) is 3.42. The van der Waals surface area contributed by atoms with E-state index < -0.39 is 5.97 Å². The van der Waals surface area contributed by atoms with Crippen molar-refractivity contribution in [3.8, 4) is 0 Å². The highest BCUT2D eigenvalue weighted by Gasteiger charge is 2.11. The Labute approximate surface area is 87.5 Å². The Balaban J connectivity index is 2.64. The van der Waals surface area contributed by atoms with Crippen LogP contribution >= 0.6 is 0 Å². The van der Waals surface area contributed by atoms with Gasteiger partial charge in [-0.3, -0.25) is 9.59 Å². The number of rotatable bonds is 4. The summed E-state index contributed by atoms with van der Waals surface area (Å²) in [6.07, 6.45) is 2.87. The molecule has 0 atom stereocenters. The topological polar surface area (TPSA) is 56.5 Å². The van der Waals surface area contributed by atoms with Crippen LogP contribution < -0.4 is 0 Å². The summed E-state index contributed by atoms with van der Waals surface area (Å²) in [6.45, 7) is 1.63. The maximum absolute atomic E-state index is 11.4. The molecule has 4 nitrogen and oxygen atoms in total. The van der Waals surface area contributed by atoms with Gasteiger partial charge in [0.1, 0.15) is 12.2 Å². The number of furan rings is 1. The molecule has 0 saturated heterocycles. The van der Waals surface area contributed by atoms with Crippen molar-refractivity contribution in [1.82, 2.24) is 0 Å². The molecule has 0 aliphatic carbocycles. The average Bonchev–Trinajstić information content (AvgIpc) is 2.70. The number of hydrogen-bond acceptors (Lipinski definition) is 4. The van der Waals surface area contributed by atoms with Crippen molar-refractivity contribution in [2.75, 3.05) is 7.11 Å². The largest absolute Gasteiger partial charge is 0.469 e. The summed E-state index contributed by atoms with van der Waals surface area (Å²) in [4.78, 5) is 22.3. The van der Waals surface area contributed by atoms with E-state index in [0.717, 1.165) is 0 Å². The number of esters is 1. The van der Waals surface area contributed by atoms with Gasteiger partial charge in [0.2, 0.25) is 0 Å². The first kappa shape index (κ1) is 11.2. The van der Waals surface area contributed by atoms with E-state index in [-0.39, 0.29) is 12.2 Å². The number of allylic oxidation sites excluding steroid dienone is 1. The summed E-state index contributed by atoms with van der Waals surface area (Å²) in [5, 5.41) is 0. The normalized spacial score (nSPS) is 11.2. The Morgan fingerprint density at radius 3 is 2.80 bits per heavy atom. The fraction of sp³-hybridized carbons (Fsp3) is 0.273. The molecule has 15 heavy (non-hydrogen) atoms. The van der Waals surface area contributed by atoms with Gasteiger partial charge in [-0.05, 0) is 30.7 Å². The maximum Gasteiger partial charge on any atom is 0.313 e. The number of carbonyl (C=O) groups is 2. The molecule has 0 aromatic carbocycles. The van der Waals surface area contributed by atoms with Crippen LogP contribution in [0.2, 0.25) is 0 Å². The molecule has 0 fully saturated rings. The summed E-state index contributed by atoms with van der Waals surface area (Å²) in [5.41, 5.74) is 0.468. The number of Topliss-reactive ketones (excluding diaryl/α,β-unsaturated/α-hetero) is 1. The van der Waals surface area contributed by atoms with Crippen molar-refractivity contribution < 1.29 is 18.7 Å². The van der Waals surface area contributed by atoms with Gasteiger partial charge in [0.25, 0.3) is 0 Å². The summed E-state index contributed by atoms with van der Waals surface area (Å²) < 4.78 is 9.44. The third-order valence-corrected chi connectivity index (χ3v) is 1.87. The van der Waals surface area contributed by atoms with E-state index in [4.69, 9.17) is 4.42 Å². The highest BCUT2D eigenvalue weighted by Crippen LogP contribution is 2.09. The van der Waals surface area contributed by atoms with E-state index in [1.165, 1.54) is 13.4 Å². The van der Waals surface area contributed by atoms with Crippen LogP contribution in [-0.4, -0.2) is 18.9 Å². The lowest BCUT2D eigenvalue weighted by molar-refractivity contribution is -0.142. The van der Waals surface area contributed by atoms with E-state index in [9.17, 15) is 9.59 Å². The molecule has 1 rings (SSSR count). The van der Waals surface area contributed by atoms with Crippen molar-refractivity contribution in [3.05, 3.63) is 29.7 Å². The van der Waals surface area contributed by atoms with Crippen molar-refractivity contribution in [3.63, 3.8) is 0 Å².